The number of methoxy groups -OCH3 is 2. The molecule has 0 bridgehead atoms. The van der Waals surface area contributed by atoms with Gasteiger partial charge in [-0.05, 0) is 55.9 Å². The Morgan fingerprint density at radius 1 is 1.19 bits per heavy atom. The van der Waals surface area contributed by atoms with E-state index >= 15 is 0 Å². The summed E-state index contributed by atoms with van der Waals surface area (Å²) in [4.78, 5) is 26.2. The molecule has 170 valence electrons. The topological polar surface area (TPSA) is 90.6 Å². The van der Waals surface area contributed by atoms with Crippen LogP contribution in [0.25, 0.3) is 10.2 Å². The molecule has 0 spiro atoms. The number of carbonyl (C=O) groups excluding carboxylic acids is 1. The summed E-state index contributed by atoms with van der Waals surface area (Å²) in [5.41, 5.74) is 8.60. The fourth-order valence-electron chi connectivity index (χ4n) is 4.02. The van der Waals surface area contributed by atoms with Crippen LogP contribution in [0.15, 0.2) is 23.4 Å². The van der Waals surface area contributed by atoms with Gasteiger partial charge in [0.05, 0.1) is 25.4 Å². The number of hydrogen-bond donors (Lipinski definition) is 1. The molecule has 0 atom stereocenters. The Morgan fingerprint density at radius 2 is 1.97 bits per heavy atom. The number of rotatable bonds is 8. The molecule has 2 N–H and O–H groups in total. The summed E-state index contributed by atoms with van der Waals surface area (Å²) in [6.07, 6.45) is 4.56. The van der Waals surface area contributed by atoms with Crippen molar-refractivity contribution in [2.45, 2.75) is 44.3 Å². The Kier molecular flexibility index (Phi) is 7.05. The van der Waals surface area contributed by atoms with Crippen LogP contribution in [-0.2, 0) is 24.2 Å². The molecule has 32 heavy (non-hydrogen) atoms. The molecule has 0 radical (unpaired) electrons. The van der Waals surface area contributed by atoms with Crippen molar-refractivity contribution in [3.63, 3.8) is 0 Å². The van der Waals surface area contributed by atoms with E-state index in [4.69, 9.17) is 20.2 Å². The van der Waals surface area contributed by atoms with E-state index in [1.54, 1.807) is 30.5 Å². The van der Waals surface area contributed by atoms with Crippen LogP contribution in [0, 0.1) is 0 Å². The Bertz CT molecular complexity index is 1130. The van der Waals surface area contributed by atoms with Crippen molar-refractivity contribution in [3.05, 3.63) is 34.2 Å². The average molecular weight is 473 g/mol. The Balaban J connectivity index is 1.44. The molecular formula is C23H28N4O3S2. The van der Waals surface area contributed by atoms with Gasteiger partial charge in [-0.1, -0.05) is 17.8 Å². The molecule has 7 nitrogen and oxygen atoms in total. The highest BCUT2D eigenvalue weighted by Gasteiger charge is 2.21. The molecule has 4 rings (SSSR count). The lowest BCUT2D eigenvalue weighted by molar-refractivity contribution is -0.128. The molecule has 1 aliphatic rings. The van der Waals surface area contributed by atoms with Crippen molar-refractivity contribution in [2.24, 2.45) is 0 Å². The smallest absolute Gasteiger partial charge is 0.233 e. The number of benzene rings is 1. The number of nitrogens with two attached hydrogens (primary N) is 1. The minimum absolute atomic E-state index is 0.0278. The van der Waals surface area contributed by atoms with Crippen molar-refractivity contribution >= 4 is 45.0 Å². The van der Waals surface area contributed by atoms with E-state index in [9.17, 15) is 4.79 Å². The molecule has 1 aliphatic carbocycles. The highest BCUT2D eigenvalue weighted by Crippen LogP contribution is 2.38. The van der Waals surface area contributed by atoms with E-state index < -0.39 is 0 Å². The lowest BCUT2D eigenvalue weighted by atomic mass is 9.97. The summed E-state index contributed by atoms with van der Waals surface area (Å²) in [5, 5.41) is 1.58. The number of nitrogens with zero attached hydrogens (tertiary/aromatic N) is 3. The Hall–Kier alpha value is -2.52. The third kappa shape index (κ3) is 4.63. The molecule has 0 aliphatic heterocycles. The minimum Gasteiger partial charge on any atom is -0.493 e. The number of thioether (sulfide) groups is 1. The van der Waals surface area contributed by atoms with Crippen molar-refractivity contribution < 1.29 is 14.3 Å². The van der Waals surface area contributed by atoms with E-state index in [1.807, 2.05) is 25.1 Å². The predicted octanol–water partition coefficient (Wildman–Crippen LogP) is 4.31. The van der Waals surface area contributed by atoms with Crippen LogP contribution >= 0.6 is 23.1 Å². The normalized spacial score (nSPS) is 13.1. The fraction of sp³-hybridized carbons (Fsp3) is 0.435. The first-order valence-corrected chi connectivity index (χ1v) is 12.5. The zero-order chi connectivity index (χ0) is 22.7. The van der Waals surface area contributed by atoms with Gasteiger partial charge in [0.1, 0.15) is 10.6 Å². The number of carbonyl (C=O) groups is 1. The second-order valence-corrected chi connectivity index (χ2v) is 9.69. The molecule has 0 saturated carbocycles. The van der Waals surface area contributed by atoms with Crippen LogP contribution < -0.4 is 15.2 Å². The summed E-state index contributed by atoms with van der Waals surface area (Å²) in [7, 11) is 3.21. The SMILES string of the molecule is CCN(Cc1ccc(OC)c(OC)c1)C(=O)CSc1nc(N)c2c3c(sc2n1)CCCC3. The first kappa shape index (κ1) is 22.7. The highest BCUT2D eigenvalue weighted by molar-refractivity contribution is 7.99. The van der Waals surface area contributed by atoms with Gasteiger partial charge < -0.3 is 20.1 Å². The lowest BCUT2D eigenvalue weighted by Gasteiger charge is -2.21. The van der Waals surface area contributed by atoms with Crippen molar-refractivity contribution in [1.82, 2.24) is 14.9 Å². The number of ether oxygens (including phenoxy) is 2. The maximum Gasteiger partial charge on any atom is 0.233 e. The van der Waals surface area contributed by atoms with E-state index in [1.165, 1.54) is 35.0 Å². The number of hydrogen-bond acceptors (Lipinski definition) is 8. The van der Waals surface area contributed by atoms with Gasteiger partial charge in [-0.25, -0.2) is 9.97 Å². The number of nitrogen functional groups attached to an aromatic ring is 1. The maximum atomic E-state index is 12.9. The Morgan fingerprint density at radius 3 is 2.72 bits per heavy atom. The van der Waals surface area contributed by atoms with Gasteiger partial charge in [-0.2, -0.15) is 0 Å². The van der Waals surface area contributed by atoms with Gasteiger partial charge in [0.25, 0.3) is 0 Å². The number of aryl methyl sites for hydroxylation is 2. The molecule has 3 aromatic rings. The molecular weight excluding hydrogens is 444 g/mol. The second kappa shape index (κ2) is 9.95. The number of anilines is 1. The van der Waals surface area contributed by atoms with Gasteiger partial charge >= 0.3 is 0 Å². The zero-order valence-electron chi connectivity index (χ0n) is 18.6. The van der Waals surface area contributed by atoms with E-state index in [0.29, 0.717) is 35.6 Å². The summed E-state index contributed by atoms with van der Waals surface area (Å²) in [5.74, 6) is 2.14. The van der Waals surface area contributed by atoms with Gasteiger partial charge in [0.15, 0.2) is 16.7 Å². The number of fused-ring (bicyclic) bond motifs is 3. The summed E-state index contributed by atoms with van der Waals surface area (Å²) >= 11 is 3.06. The van der Waals surface area contributed by atoms with Crippen molar-refractivity contribution in [1.29, 1.82) is 0 Å². The van der Waals surface area contributed by atoms with Gasteiger partial charge in [-0.3, -0.25) is 4.79 Å². The first-order chi connectivity index (χ1) is 15.5. The number of thiophene rings is 1. The van der Waals surface area contributed by atoms with Gasteiger partial charge in [-0.15, -0.1) is 11.3 Å². The van der Waals surface area contributed by atoms with Crippen molar-refractivity contribution in [2.75, 3.05) is 32.3 Å². The van der Waals surface area contributed by atoms with Crippen LogP contribution in [-0.4, -0.2) is 47.3 Å². The predicted molar refractivity (Wildman–Crippen MR) is 130 cm³/mol. The molecule has 0 fully saturated rings. The molecule has 1 aromatic carbocycles. The maximum absolute atomic E-state index is 12.9. The summed E-state index contributed by atoms with van der Waals surface area (Å²) in [6.45, 7) is 3.07. The number of aromatic nitrogens is 2. The fourth-order valence-corrected chi connectivity index (χ4v) is 6.10. The van der Waals surface area contributed by atoms with Crippen molar-refractivity contribution in [3.8, 4) is 11.5 Å². The monoisotopic (exact) mass is 472 g/mol. The number of amides is 1. The quantitative estimate of drug-likeness (QED) is 0.386. The standard InChI is InChI=1S/C23H28N4O3S2/c1-4-27(12-14-9-10-16(29-2)17(11-14)30-3)19(28)13-31-23-25-21(24)20-15-7-5-6-8-18(15)32-22(20)26-23/h9-11H,4-8,12-13H2,1-3H3,(H2,24,25,26). The van der Waals surface area contributed by atoms with Crippen LogP contribution in [0.1, 0.15) is 35.8 Å². The molecule has 9 heteroatoms. The average Bonchev–Trinajstić information content (AvgIpc) is 3.19. The Labute approximate surface area is 196 Å². The summed E-state index contributed by atoms with van der Waals surface area (Å²) in [6, 6.07) is 5.70. The van der Waals surface area contributed by atoms with Crippen LogP contribution in [0.2, 0.25) is 0 Å². The lowest BCUT2D eigenvalue weighted by Crippen LogP contribution is -2.31. The molecule has 2 aromatic heterocycles. The molecule has 2 heterocycles. The van der Waals surface area contributed by atoms with Crippen LogP contribution in [0.5, 0.6) is 11.5 Å². The zero-order valence-corrected chi connectivity index (χ0v) is 20.3. The van der Waals surface area contributed by atoms with E-state index in [2.05, 4.69) is 4.98 Å². The molecule has 0 saturated heterocycles. The van der Waals surface area contributed by atoms with E-state index in [-0.39, 0.29) is 11.7 Å². The van der Waals surface area contributed by atoms with Crippen LogP contribution in [0.4, 0.5) is 5.82 Å². The largest absolute Gasteiger partial charge is 0.493 e. The van der Waals surface area contributed by atoms with Gasteiger partial charge in [0, 0.05) is 18.0 Å². The molecule has 1 amide bonds. The minimum atomic E-state index is 0.0278. The van der Waals surface area contributed by atoms with Crippen LogP contribution in [0.3, 0.4) is 0 Å². The molecule has 0 unspecified atom stereocenters. The second-order valence-electron chi connectivity index (χ2n) is 7.67. The summed E-state index contributed by atoms with van der Waals surface area (Å²) < 4.78 is 10.7. The van der Waals surface area contributed by atoms with Gasteiger partial charge in [0.2, 0.25) is 5.91 Å². The highest BCUT2D eigenvalue weighted by atomic mass is 32.2. The van der Waals surface area contributed by atoms with E-state index in [0.717, 1.165) is 28.6 Å². The third-order valence-corrected chi connectivity index (χ3v) is 7.72. The first-order valence-electron chi connectivity index (χ1n) is 10.7. The third-order valence-electron chi connectivity index (χ3n) is 5.70.